The fraction of sp³-hybridized carbons (Fsp3) is 0.158. The van der Waals surface area contributed by atoms with Gasteiger partial charge in [0.1, 0.15) is 5.82 Å². The highest BCUT2D eigenvalue weighted by Crippen LogP contribution is 2.11. The summed E-state index contributed by atoms with van der Waals surface area (Å²) in [6, 6.07) is 9.85. The predicted molar refractivity (Wildman–Crippen MR) is 91.3 cm³/mol. The molecule has 5 nitrogen and oxygen atoms in total. The highest BCUT2D eigenvalue weighted by Gasteiger charge is 2.09. The van der Waals surface area contributed by atoms with Crippen LogP contribution in [0, 0.1) is 5.82 Å². The maximum absolute atomic E-state index is 13.3. The normalized spacial score (nSPS) is 11.7. The van der Waals surface area contributed by atoms with Crippen molar-refractivity contribution in [2.45, 2.75) is 13.5 Å². The van der Waals surface area contributed by atoms with E-state index in [1.54, 1.807) is 37.4 Å². The van der Waals surface area contributed by atoms with Gasteiger partial charge in [-0.2, -0.15) is 0 Å². The maximum atomic E-state index is 13.3. The zero-order valence-electron chi connectivity index (χ0n) is 13.7. The molecule has 0 saturated carbocycles. The molecule has 130 valence electrons. The lowest BCUT2D eigenvalue weighted by atomic mass is 10.2. The summed E-state index contributed by atoms with van der Waals surface area (Å²) in [6.45, 7) is 2.15. The van der Waals surface area contributed by atoms with Crippen molar-refractivity contribution >= 4 is 17.8 Å². The number of hydrogen-bond donors (Lipinski definition) is 1. The van der Waals surface area contributed by atoms with Crippen LogP contribution in [0.2, 0.25) is 0 Å². The van der Waals surface area contributed by atoms with Crippen LogP contribution >= 0.6 is 0 Å². The SMILES string of the molecule is CCOC(=O)/C(O)=C/C(=O)/C=C/c1cccn1Cc1cccc(F)c1. The third kappa shape index (κ3) is 5.46. The van der Waals surface area contributed by atoms with E-state index in [4.69, 9.17) is 0 Å². The molecule has 0 aliphatic rings. The summed E-state index contributed by atoms with van der Waals surface area (Å²) in [7, 11) is 0. The van der Waals surface area contributed by atoms with E-state index < -0.39 is 17.5 Å². The molecule has 0 bridgehead atoms. The first-order valence-electron chi connectivity index (χ1n) is 7.69. The number of halogens is 1. The van der Waals surface area contributed by atoms with Crippen molar-refractivity contribution in [2.75, 3.05) is 6.61 Å². The Morgan fingerprint density at radius 3 is 2.80 bits per heavy atom. The average Bonchev–Trinajstić information content (AvgIpc) is 3.00. The molecule has 1 N–H and O–H groups in total. The summed E-state index contributed by atoms with van der Waals surface area (Å²) in [5.74, 6) is -2.55. The van der Waals surface area contributed by atoms with E-state index in [0.29, 0.717) is 6.54 Å². The average molecular weight is 343 g/mol. The smallest absolute Gasteiger partial charge is 0.373 e. The van der Waals surface area contributed by atoms with E-state index in [9.17, 15) is 19.1 Å². The Bertz CT molecular complexity index is 820. The van der Waals surface area contributed by atoms with Gasteiger partial charge in [-0.05, 0) is 48.9 Å². The van der Waals surface area contributed by atoms with E-state index >= 15 is 0 Å². The zero-order chi connectivity index (χ0) is 18.2. The lowest BCUT2D eigenvalue weighted by molar-refractivity contribution is -0.141. The molecule has 0 amide bonds. The van der Waals surface area contributed by atoms with E-state index in [1.165, 1.54) is 18.2 Å². The maximum Gasteiger partial charge on any atom is 0.373 e. The largest absolute Gasteiger partial charge is 0.502 e. The van der Waals surface area contributed by atoms with Gasteiger partial charge in [-0.1, -0.05) is 12.1 Å². The standard InChI is InChI=1S/C19H18FNO4/c1-2-25-19(24)18(23)12-17(22)9-8-16-7-4-10-21(16)13-14-5-3-6-15(20)11-14/h3-12,23H,2,13H2,1H3/b9-8+,18-12-. The van der Waals surface area contributed by atoms with Crippen molar-refractivity contribution in [3.05, 3.63) is 77.6 Å². The van der Waals surface area contributed by atoms with Gasteiger partial charge >= 0.3 is 5.97 Å². The Balaban J connectivity index is 2.07. The molecule has 0 aliphatic carbocycles. The molecular weight excluding hydrogens is 325 g/mol. The number of benzene rings is 1. The minimum Gasteiger partial charge on any atom is -0.502 e. The number of allylic oxidation sites excluding steroid dienone is 2. The minimum absolute atomic E-state index is 0.106. The van der Waals surface area contributed by atoms with Crippen molar-refractivity contribution in [1.82, 2.24) is 4.57 Å². The molecule has 6 heteroatoms. The van der Waals surface area contributed by atoms with Crippen LogP contribution in [0.5, 0.6) is 0 Å². The van der Waals surface area contributed by atoms with Gasteiger partial charge in [0.25, 0.3) is 0 Å². The summed E-state index contributed by atoms with van der Waals surface area (Å²) >= 11 is 0. The molecular formula is C19H18FNO4. The van der Waals surface area contributed by atoms with Gasteiger partial charge in [0.05, 0.1) is 6.61 Å². The number of carbonyl (C=O) groups excluding carboxylic acids is 2. The molecule has 0 radical (unpaired) electrons. The predicted octanol–water partition coefficient (Wildman–Crippen LogP) is 3.26. The molecule has 0 unspecified atom stereocenters. The van der Waals surface area contributed by atoms with E-state index in [0.717, 1.165) is 17.3 Å². The van der Waals surface area contributed by atoms with Crippen LogP contribution in [0.3, 0.4) is 0 Å². The number of esters is 1. The monoisotopic (exact) mass is 343 g/mol. The van der Waals surface area contributed by atoms with Crippen LogP contribution in [-0.4, -0.2) is 28.0 Å². The van der Waals surface area contributed by atoms with Crippen molar-refractivity contribution in [1.29, 1.82) is 0 Å². The second-order valence-corrected chi connectivity index (χ2v) is 5.18. The highest BCUT2D eigenvalue weighted by atomic mass is 19.1. The van der Waals surface area contributed by atoms with Crippen LogP contribution in [0.15, 0.2) is 60.5 Å². The minimum atomic E-state index is -0.946. The number of nitrogens with zero attached hydrogens (tertiary/aromatic N) is 1. The van der Waals surface area contributed by atoms with Gasteiger partial charge in [0.2, 0.25) is 5.76 Å². The number of ketones is 1. The van der Waals surface area contributed by atoms with E-state index in [-0.39, 0.29) is 12.4 Å². The van der Waals surface area contributed by atoms with Crippen molar-refractivity contribution in [3.8, 4) is 0 Å². The number of rotatable bonds is 7. The molecule has 0 aliphatic heterocycles. The van der Waals surface area contributed by atoms with Gasteiger partial charge in [-0.15, -0.1) is 0 Å². The first kappa shape index (κ1) is 18.2. The molecule has 0 fully saturated rings. The molecule has 1 aromatic carbocycles. The summed E-state index contributed by atoms with van der Waals surface area (Å²) in [5, 5.41) is 9.44. The van der Waals surface area contributed by atoms with Crippen LogP contribution in [-0.2, 0) is 20.9 Å². The fourth-order valence-electron chi connectivity index (χ4n) is 2.17. The van der Waals surface area contributed by atoms with Crippen LogP contribution < -0.4 is 0 Å². The third-order valence-electron chi connectivity index (χ3n) is 3.29. The Morgan fingerprint density at radius 1 is 1.28 bits per heavy atom. The number of hydrogen-bond acceptors (Lipinski definition) is 4. The summed E-state index contributed by atoms with van der Waals surface area (Å²) in [5.41, 5.74) is 1.51. The zero-order valence-corrected chi connectivity index (χ0v) is 13.7. The summed E-state index contributed by atoms with van der Waals surface area (Å²) in [4.78, 5) is 23.0. The van der Waals surface area contributed by atoms with Gasteiger partial charge in [-0.3, -0.25) is 4.79 Å². The number of aromatic nitrogens is 1. The van der Waals surface area contributed by atoms with Crippen molar-refractivity contribution < 1.29 is 23.8 Å². The van der Waals surface area contributed by atoms with Gasteiger partial charge in [0, 0.05) is 24.5 Å². The number of aliphatic hydroxyl groups is 1. The Hall–Kier alpha value is -3.15. The number of carbonyl (C=O) groups is 2. The molecule has 25 heavy (non-hydrogen) atoms. The Labute approximate surface area is 144 Å². The van der Waals surface area contributed by atoms with Gasteiger partial charge in [0.15, 0.2) is 5.78 Å². The first-order valence-corrected chi connectivity index (χ1v) is 7.69. The van der Waals surface area contributed by atoms with E-state index in [2.05, 4.69) is 4.74 Å². The topological polar surface area (TPSA) is 68.5 Å². The van der Waals surface area contributed by atoms with Crippen LogP contribution in [0.1, 0.15) is 18.2 Å². The Morgan fingerprint density at radius 2 is 2.08 bits per heavy atom. The van der Waals surface area contributed by atoms with Crippen LogP contribution in [0.25, 0.3) is 6.08 Å². The van der Waals surface area contributed by atoms with Crippen molar-refractivity contribution in [2.24, 2.45) is 0 Å². The van der Waals surface area contributed by atoms with Crippen molar-refractivity contribution in [3.63, 3.8) is 0 Å². The van der Waals surface area contributed by atoms with Gasteiger partial charge < -0.3 is 14.4 Å². The number of aliphatic hydroxyl groups excluding tert-OH is 1. The second-order valence-electron chi connectivity index (χ2n) is 5.18. The lowest BCUT2D eigenvalue weighted by Gasteiger charge is -2.06. The molecule has 1 aromatic heterocycles. The Kier molecular flexibility index (Phi) is 6.28. The molecule has 1 heterocycles. The number of ether oxygens (including phenoxy) is 1. The lowest BCUT2D eigenvalue weighted by Crippen LogP contribution is -2.08. The quantitative estimate of drug-likeness (QED) is 0.476. The molecule has 0 atom stereocenters. The molecule has 2 aromatic rings. The molecule has 2 rings (SSSR count). The summed E-state index contributed by atoms with van der Waals surface area (Å²) < 4.78 is 19.7. The summed E-state index contributed by atoms with van der Waals surface area (Å²) in [6.07, 6.45) is 5.39. The second kappa shape index (κ2) is 8.63. The fourth-order valence-corrected chi connectivity index (χ4v) is 2.17. The molecule has 0 spiro atoms. The molecule has 0 saturated heterocycles. The van der Waals surface area contributed by atoms with E-state index in [1.807, 2.05) is 10.6 Å². The highest BCUT2D eigenvalue weighted by molar-refractivity contribution is 6.05. The third-order valence-corrected chi connectivity index (χ3v) is 3.29. The first-order chi connectivity index (χ1) is 12.0. The van der Waals surface area contributed by atoms with Crippen LogP contribution in [0.4, 0.5) is 4.39 Å². The van der Waals surface area contributed by atoms with Gasteiger partial charge in [-0.25, -0.2) is 9.18 Å².